The Labute approximate surface area is 130 Å². The van der Waals surface area contributed by atoms with Gasteiger partial charge in [-0.3, -0.25) is 10.1 Å². The van der Waals surface area contributed by atoms with E-state index in [4.69, 9.17) is 0 Å². The zero-order valence-electron chi connectivity index (χ0n) is 14.7. The summed E-state index contributed by atoms with van der Waals surface area (Å²) in [7, 11) is 0. The van der Waals surface area contributed by atoms with E-state index in [2.05, 4.69) is 44.8 Å². The molecular formula is C18H34N2O. The fourth-order valence-corrected chi connectivity index (χ4v) is 4.14. The molecule has 1 N–H and O–H groups in total. The summed E-state index contributed by atoms with van der Waals surface area (Å²) < 4.78 is 0. The second-order valence-electron chi connectivity index (χ2n) is 7.97. The predicted molar refractivity (Wildman–Crippen MR) is 88.0 cm³/mol. The van der Waals surface area contributed by atoms with Crippen LogP contribution in [0.2, 0.25) is 0 Å². The van der Waals surface area contributed by atoms with Gasteiger partial charge in [0.05, 0.1) is 11.7 Å². The third-order valence-corrected chi connectivity index (χ3v) is 5.92. The van der Waals surface area contributed by atoms with Crippen LogP contribution in [0.3, 0.4) is 0 Å². The van der Waals surface area contributed by atoms with Gasteiger partial charge in [-0.15, -0.1) is 0 Å². The van der Waals surface area contributed by atoms with Crippen molar-refractivity contribution in [1.82, 2.24) is 10.2 Å². The lowest BCUT2D eigenvalue weighted by Gasteiger charge is -2.36. The van der Waals surface area contributed by atoms with Crippen molar-refractivity contribution in [1.29, 1.82) is 0 Å². The molecule has 1 heterocycles. The maximum absolute atomic E-state index is 13.0. The zero-order valence-corrected chi connectivity index (χ0v) is 14.7. The summed E-state index contributed by atoms with van der Waals surface area (Å²) in [6, 6.07) is 0. The van der Waals surface area contributed by atoms with E-state index in [1.54, 1.807) is 0 Å². The Balaban J connectivity index is 2.18. The van der Waals surface area contributed by atoms with Crippen molar-refractivity contribution < 1.29 is 4.79 Å². The molecule has 2 unspecified atom stereocenters. The summed E-state index contributed by atoms with van der Waals surface area (Å²) in [5.41, 5.74) is 0.0264. The normalized spacial score (nSPS) is 32.4. The van der Waals surface area contributed by atoms with Gasteiger partial charge in [0.15, 0.2) is 0 Å². The van der Waals surface area contributed by atoms with Crippen LogP contribution in [0.25, 0.3) is 0 Å². The lowest BCUT2D eigenvalue weighted by molar-refractivity contribution is -0.134. The van der Waals surface area contributed by atoms with Crippen molar-refractivity contribution in [2.75, 3.05) is 6.54 Å². The van der Waals surface area contributed by atoms with Gasteiger partial charge in [0.1, 0.15) is 0 Å². The van der Waals surface area contributed by atoms with E-state index in [1.165, 1.54) is 32.1 Å². The Morgan fingerprint density at radius 1 is 1.24 bits per heavy atom. The summed E-state index contributed by atoms with van der Waals surface area (Å²) in [6.07, 6.45) is 8.62. The molecular weight excluding hydrogens is 260 g/mol. The van der Waals surface area contributed by atoms with E-state index in [-0.39, 0.29) is 11.7 Å². The number of hydrogen-bond donors (Lipinski definition) is 1. The van der Waals surface area contributed by atoms with Crippen LogP contribution in [0.5, 0.6) is 0 Å². The van der Waals surface area contributed by atoms with Crippen molar-refractivity contribution in [2.24, 2.45) is 11.3 Å². The van der Waals surface area contributed by atoms with Gasteiger partial charge in [0.2, 0.25) is 5.91 Å². The molecule has 1 saturated heterocycles. The highest BCUT2D eigenvalue weighted by molar-refractivity contribution is 5.88. The van der Waals surface area contributed by atoms with Gasteiger partial charge in [-0.05, 0) is 50.4 Å². The van der Waals surface area contributed by atoms with E-state index in [1.807, 2.05) is 0 Å². The number of nitrogens with one attached hydrogen (secondary N) is 1. The molecule has 0 aromatic rings. The molecule has 2 rings (SSSR count). The van der Waals surface area contributed by atoms with Crippen molar-refractivity contribution >= 4 is 5.91 Å². The third-order valence-electron chi connectivity index (χ3n) is 5.92. The van der Waals surface area contributed by atoms with Crippen molar-refractivity contribution in [3.8, 4) is 0 Å². The molecule has 2 atom stereocenters. The Morgan fingerprint density at radius 3 is 2.33 bits per heavy atom. The minimum absolute atomic E-state index is 0.228. The molecule has 2 aliphatic rings. The first-order valence-electron chi connectivity index (χ1n) is 8.94. The fraction of sp³-hybridized carbons (Fsp3) is 0.944. The standard InChI is InChI=1S/C18H34N2O/c1-6-17(5)16(21)20(15(19-17)12-14(3)4)13-18(7-2)10-8-9-11-18/h14-15,19H,6-13H2,1-5H3. The van der Waals surface area contributed by atoms with Gasteiger partial charge in [-0.25, -0.2) is 0 Å². The fourth-order valence-electron chi connectivity index (χ4n) is 4.14. The molecule has 0 aromatic heterocycles. The number of carbonyl (C=O) groups is 1. The average molecular weight is 294 g/mol. The van der Waals surface area contributed by atoms with Crippen LogP contribution in [-0.4, -0.2) is 29.1 Å². The summed E-state index contributed by atoms with van der Waals surface area (Å²) >= 11 is 0. The summed E-state index contributed by atoms with van der Waals surface area (Å²) in [5, 5.41) is 3.64. The first-order chi connectivity index (χ1) is 9.86. The molecule has 1 aliphatic carbocycles. The highest BCUT2D eigenvalue weighted by Gasteiger charge is 2.49. The van der Waals surface area contributed by atoms with Crippen LogP contribution in [-0.2, 0) is 4.79 Å². The molecule has 0 spiro atoms. The molecule has 1 aliphatic heterocycles. The van der Waals surface area contributed by atoms with E-state index < -0.39 is 0 Å². The predicted octanol–water partition coefficient (Wildman–Crippen LogP) is 3.93. The van der Waals surface area contributed by atoms with E-state index in [0.717, 1.165) is 19.4 Å². The monoisotopic (exact) mass is 294 g/mol. The zero-order chi connectivity index (χ0) is 15.7. The largest absolute Gasteiger partial charge is 0.325 e. The number of rotatable bonds is 6. The van der Waals surface area contributed by atoms with E-state index in [9.17, 15) is 4.79 Å². The smallest absolute Gasteiger partial charge is 0.243 e. The second-order valence-corrected chi connectivity index (χ2v) is 7.97. The Kier molecular flexibility index (Phi) is 5.02. The van der Waals surface area contributed by atoms with Gasteiger partial charge in [-0.2, -0.15) is 0 Å². The highest BCUT2D eigenvalue weighted by Crippen LogP contribution is 2.43. The van der Waals surface area contributed by atoms with Gasteiger partial charge in [0, 0.05) is 6.54 Å². The summed E-state index contributed by atoms with van der Waals surface area (Å²) in [4.78, 5) is 15.2. The third kappa shape index (κ3) is 3.28. The van der Waals surface area contributed by atoms with Crippen LogP contribution in [0.15, 0.2) is 0 Å². The lowest BCUT2D eigenvalue weighted by Crippen LogP contribution is -2.44. The number of nitrogens with zero attached hydrogens (tertiary/aromatic N) is 1. The highest BCUT2D eigenvalue weighted by atomic mass is 16.2. The van der Waals surface area contributed by atoms with Gasteiger partial charge >= 0.3 is 0 Å². The number of amides is 1. The molecule has 3 nitrogen and oxygen atoms in total. The molecule has 0 radical (unpaired) electrons. The van der Waals surface area contributed by atoms with Crippen molar-refractivity contribution in [3.05, 3.63) is 0 Å². The molecule has 1 saturated carbocycles. The summed E-state index contributed by atoms with van der Waals surface area (Å²) in [5.74, 6) is 0.938. The Hall–Kier alpha value is -0.570. The molecule has 21 heavy (non-hydrogen) atoms. The van der Waals surface area contributed by atoms with Gasteiger partial charge in [0.25, 0.3) is 0 Å². The molecule has 1 amide bonds. The molecule has 0 bridgehead atoms. The second kappa shape index (κ2) is 6.28. The lowest BCUT2D eigenvalue weighted by atomic mass is 9.82. The maximum Gasteiger partial charge on any atom is 0.243 e. The molecule has 2 fully saturated rings. The number of hydrogen-bond acceptors (Lipinski definition) is 2. The topological polar surface area (TPSA) is 32.3 Å². The van der Waals surface area contributed by atoms with Crippen LogP contribution < -0.4 is 5.32 Å². The van der Waals surface area contributed by atoms with Gasteiger partial charge < -0.3 is 4.90 Å². The Morgan fingerprint density at radius 2 is 1.86 bits per heavy atom. The Bertz CT molecular complexity index is 373. The van der Waals surface area contributed by atoms with Crippen LogP contribution in [0, 0.1) is 11.3 Å². The minimum Gasteiger partial charge on any atom is -0.325 e. The minimum atomic E-state index is -0.354. The van der Waals surface area contributed by atoms with E-state index >= 15 is 0 Å². The quantitative estimate of drug-likeness (QED) is 0.805. The molecule has 0 aromatic carbocycles. The van der Waals surface area contributed by atoms with Crippen molar-refractivity contribution in [3.63, 3.8) is 0 Å². The molecule has 122 valence electrons. The van der Waals surface area contributed by atoms with Gasteiger partial charge in [-0.1, -0.05) is 40.5 Å². The van der Waals surface area contributed by atoms with Crippen molar-refractivity contribution in [2.45, 2.75) is 91.3 Å². The van der Waals surface area contributed by atoms with E-state index in [0.29, 0.717) is 17.2 Å². The average Bonchev–Trinajstić information content (AvgIpc) is 2.99. The first-order valence-corrected chi connectivity index (χ1v) is 8.94. The van der Waals surface area contributed by atoms with Crippen LogP contribution in [0.1, 0.15) is 79.6 Å². The molecule has 3 heteroatoms. The van der Waals surface area contributed by atoms with Crippen LogP contribution in [0.4, 0.5) is 0 Å². The maximum atomic E-state index is 13.0. The summed E-state index contributed by atoms with van der Waals surface area (Å²) in [6.45, 7) is 12.0. The first kappa shape index (κ1) is 16.8. The number of carbonyl (C=O) groups excluding carboxylic acids is 1. The van der Waals surface area contributed by atoms with Crippen LogP contribution >= 0.6 is 0 Å². The SMILES string of the molecule is CCC1(CN2C(=O)C(C)(CC)NC2CC(C)C)CCCC1.